The van der Waals surface area contributed by atoms with Crippen molar-refractivity contribution in [1.82, 2.24) is 15.4 Å². The lowest BCUT2D eigenvalue weighted by Gasteiger charge is -2.09. The first-order valence-corrected chi connectivity index (χ1v) is 9.63. The van der Waals surface area contributed by atoms with Gasteiger partial charge in [0.25, 0.3) is 5.56 Å². The van der Waals surface area contributed by atoms with E-state index in [2.05, 4.69) is 20.5 Å². The van der Waals surface area contributed by atoms with Crippen molar-refractivity contribution in [2.24, 2.45) is 5.10 Å². The van der Waals surface area contributed by atoms with Gasteiger partial charge in [0.15, 0.2) is 11.5 Å². The summed E-state index contributed by atoms with van der Waals surface area (Å²) in [7, 11) is 1.44. The molecule has 0 unspecified atom stereocenters. The maximum absolute atomic E-state index is 12.5. The van der Waals surface area contributed by atoms with Crippen molar-refractivity contribution in [3.05, 3.63) is 50.4 Å². The van der Waals surface area contributed by atoms with E-state index >= 15 is 0 Å². The smallest absolute Gasteiger partial charge is 0.307 e. The summed E-state index contributed by atoms with van der Waals surface area (Å²) in [6.45, 7) is 0. The van der Waals surface area contributed by atoms with Gasteiger partial charge in [-0.25, -0.2) is 10.4 Å². The molecule has 0 saturated heterocycles. The molecule has 28 heavy (non-hydrogen) atoms. The van der Waals surface area contributed by atoms with Gasteiger partial charge in [0, 0.05) is 4.88 Å². The summed E-state index contributed by atoms with van der Waals surface area (Å²) in [6, 6.07) is 4.66. The van der Waals surface area contributed by atoms with E-state index in [4.69, 9.17) is 4.74 Å². The number of methoxy groups -OCH3 is 1. The summed E-state index contributed by atoms with van der Waals surface area (Å²) in [5.74, 6) is -0.366. The van der Waals surface area contributed by atoms with Crippen LogP contribution in [0.4, 0.5) is 0 Å². The molecule has 1 aliphatic carbocycles. The number of rotatable bonds is 4. The highest BCUT2D eigenvalue weighted by molar-refractivity contribution is 7.18. The topological polar surface area (TPSA) is 117 Å². The average molecular weight is 398 g/mol. The van der Waals surface area contributed by atoms with Crippen molar-refractivity contribution in [2.75, 3.05) is 7.11 Å². The van der Waals surface area contributed by atoms with Crippen molar-refractivity contribution in [2.45, 2.75) is 25.7 Å². The third-order valence-electron chi connectivity index (χ3n) is 4.62. The number of carbonyl (C=O) groups is 1. The third kappa shape index (κ3) is 3.36. The molecule has 0 aliphatic heterocycles. The minimum Gasteiger partial charge on any atom is -0.504 e. The first kappa shape index (κ1) is 18.2. The van der Waals surface area contributed by atoms with Crippen LogP contribution >= 0.6 is 11.3 Å². The summed E-state index contributed by atoms with van der Waals surface area (Å²) < 4.78 is 5.02. The number of hydrogen-bond acceptors (Lipinski definition) is 7. The molecule has 8 nitrogen and oxygen atoms in total. The standard InChI is InChI=1S/C19H18N4O4S/c1-27-13-8-10(6-7-12(13)24)9-20-23-18(26)16-21-17(25)15-11-4-2-3-5-14(11)28-19(15)22-16/h6-9,24H,2-5H2,1H3,(H,23,26)(H,21,22,25). The molecular weight excluding hydrogens is 380 g/mol. The second-order valence-corrected chi connectivity index (χ2v) is 7.52. The Bertz CT molecular complexity index is 1150. The van der Waals surface area contributed by atoms with Gasteiger partial charge in [-0.2, -0.15) is 5.10 Å². The number of nitrogens with one attached hydrogen (secondary N) is 2. The zero-order valence-electron chi connectivity index (χ0n) is 15.1. The summed E-state index contributed by atoms with van der Waals surface area (Å²) in [4.78, 5) is 33.5. The fourth-order valence-electron chi connectivity index (χ4n) is 3.26. The Morgan fingerprint density at radius 3 is 3.04 bits per heavy atom. The Hall–Kier alpha value is -3.20. The predicted molar refractivity (Wildman–Crippen MR) is 107 cm³/mol. The highest BCUT2D eigenvalue weighted by atomic mass is 32.1. The highest BCUT2D eigenvalue weighted by Crippen LogP contribution is 2.33. The number of hydrazone groups is 1. The molecule has 9 heteroatoms. The maximum Gasteiger partial charge on any atom is 0.307 e. The van der Waals surface area contributed by atoms with Crippen molar-refractivity contribution >= 4 is 33.7 Å². The quantitative estimate of drug-likeness (QED) is 0.461. The number of carbonyl (C=O) groups excluding carboxylic acids is 1. The zero-order chi connectivity index (χ0) is 19.7. The number of nitrogens with zero attached hydrogens (tertiary/aromatic N) is 2. The number of H-pyrrole nitrogens is 1. The van der Waals surface area contributed by atoms with Crippen molar-refractivity contribution in [1.29, 1.82) is 0 Å². The number of hydrogen-bond donors (Lipinski definition) is 3. The molecule has 144 valence electrons. The maximum atomic E-state index is 12.5. The monoisotopic (exact) mass is 398 g/mol. The lowest BCUT2D eigenvalue weighted by atomic mass is 9.97. The van der Waals surface area contributed by atoms with E-state index in [1.165, 1.54) is 35.6 Å². The van der Waals surface area contributed by atoms with Gasteiger partial charge in [0.05, 0.1) is 18.7 Å². The molecule has 0 atom stereocenters. The van der Waals surface area contributed by atoms with Crippen LogP contribution in [-0.2, 0) is 12.8 Å². The molecule has 0 bridgehead atoms. The van der Waals surface area contributed by atoms with Crippen LogP contribution in [0.1, 0.15) is 39.5 Å². The number of aromatic amines is 1. The number of thiophene rings is 1. The number of amides is 1. The zero-order valence-corrected chi connectivity index (χ0v) is 15.9. The SMILES string of the molecule is COc1cc(C=NNC(=O)c2nc3sc4c(c3c(=O)[nH]2)CCCC4)ccc1O. The molecule has 0 saturated carbocycles. The minimum atomic E-state index is -0.604. The number of fused-ring (bicyclic) bond motifs is 3. The molecule has 3 N–H and O–H groups in total. The summed E-state index contributed by atoms with van der Waals surface area (Å²) in [6.07, 6.45) is 5.42. The molecule has 3 aromatic rings. The van der Waals surface area contributed by atoms with Crippen LogP contribution in [0.25, 0.3) is 10.2 Å². The molecule has 2 heterocycles. The lowest BCUT2D eigenvalue weighted by molar-refractivity contribution is 0.0945. The Labute approximate surface area is 163 Å². The van der Waals surface area contributed by atoms with E-state index < -0.39 is 5.91 Å². The molecule has 2 aromatic heterocycles. The number of benzene rings is 1. The molecular formula is C19H18N4O4S. The summed E-state index contributed by atoms with van der Waals surface area (Å²) in [5.41, 5.74) is 3.76. The van der Waals surface area contributed by atoms with Gasteiger partial charge in [-0.05, 0) is 55.0 Å². The Morgan fingerprint density at radius 2 is 2.21 bits per heavy atom. The molecule has 4 rings (SSSR count). The Kier molecular flexibility index (Phi) is 4.82. The van der Waals surface area contributed by atoms with E-state index in [0.29, 0.717) is 21.5 Å². The fourth-order valence-corrected chi connectivity index (χ4v) is 4.53. The Morgan fingerprint density at radius 1 is 1.39 bits per heavy atom. The number of phenols is 1. The van der Waals surface area contributed by atoms with Crippen molar-refractivity contribution < 1.29 is 14.6 Å². The van der Waals surface area contributed by atoms with Crippen LogP contribution in [0, 0.1) is 0 Å². The fraction of sp³-hybridized carbons (Fsp3) is 0.263. The number of aromatic nitrogens is 2. The van der Waals surface area contributed by atoms with Gasteiger partial charge in [0.2, 0.25) is 5.82 Å². The third-order valence-corrected chi connectivity index (χ3v) is 5.81. The minimum absolute atomic E-state index is 0.0115. The molecule has 0 radical (unpaired) electrons. The van der Waals surface area contributed by atoms with E-state index in [9.17, 15) is 14.7 Å². The second kappa shape index (κ2) is 7.43. The predicted octanol–water partition coefficient (Wildman–Crippen LogP) is 2.34. The van der Waals surface area contributed by atoms with E-state index in [1.54, 1.807) is 12.1 Å². The van der Waals surface area contributed by atoms with Gasteiger partial charge in [0.1, 0.15) is 4.83 Å². The first-order valence-electron chi connectivity index (χ1n) is 8.82. The van der Waals surface area contributed by atoms with Gasteiger partial charge in [-0.3, -0.25) is 9.59 Å². The van der Waals surface area contributed by atoms with Gasteiger partial charge < -0.3 is 14.8 Å². The molecule has 1 amide bonds. The van der Waals surface area contributed by atoms with Gasteiger partial charge in [-0.15, -0.1) is 11.3 Å². The summed E-state index contributed by atoms with van der Waals surface area (Å²) >= 11 is 1.48. The number of phenolic OH excluding ortho intramolecular Hbond substituents is 1. The molecule has 1 aromatic carbocycles. The van der Waals surface area contributed by atoms with E-state index in [1.807, 2.05) is 0 Å². The van der Waals surface area contributed by atoms with E-state index in [-0.39, 0.29) is 17.1 Å². The van der Waals surface area contributed by atoms with Gasteiger partial charge in [-0.1, -0.05) is 0 Å². The van der Waals surface area contributed by atoms with Crippen LogP contribution in [0.5, 0.6) is 11.5 Å². The lowest BCUT2D eigenvalue weighted by Crippen LogP contribution is -2.24. The summed E-state index contributed by atoms with van der Waals surface area (Å²) in [5, 5.41) is 14.1. The molecule has 1 aliphatic rings. The normalized spacial score (nSPS) is 13.6. The highest BCUT2D eigenvalue weighted by Gasteiger charge is 2.21. The van der Waals surface area contributed by atoms with Crippen LogP contribution < -0.4 is 15.7 Å². The van der Waals surface area contributed by atoms with Gasteiger partial charge >= 0.3 is 5.91 Å². The van der Waals surface area contributed by atoms with Crippen LogP contribution in [-0.4, -0.2) is 34.3 Å². The Balaban J connectivity index is 1.55. The van der Waals surface area contributed by atoms with Crippen LogP contribution in [0.15, 0.2) is 28.1 Å². The first-order chi connectivity index (χ1) is 13.6. The molecule has 0 fully saturated rings. The largest absolute Gasteiger partial charge is 0.504 e. The molecule has 0 spiro atoms. The number of ether oxygens (including phenoxy) is 1. The second-order valence-electron chi connectivity index (χ2n) is 6.44. The van der Waals surface area contributed by atoms with Crippen LogP contribution in [0.2, 0.25) is 0 Å². The number of aromatic hydroxyl groups is 1. The van der Waals surface area contributed by atoms with Crippen molar-refractivity contribution in [3.63, 3.8) is 0 Å². The average Bonchev–Trinajstić information content (AvgIpc) is 3.08. The number of aryl methyl sites for hydroxylation is 2. The van der Waals surface area contributed by atoms with E-state index in [0.717, 1.165) is 31.2 Å². The van der Waals surface area contributed by atoms with Crippen molar-refractivity contribution in [3.8, 4) is 11.5 Å². The van der Waals surface area contributed by atoms with Crippen LogP contribution in [0.3, 0.4) is 0 Å².